The SMILES string of the molecule is CSC(CN1CCNC(=O)C1=O)SC. The van der Waals surface area contributed by atoms with Crippen LogP contribution in [0.4, 0.5) is 0 Å². The fourth-order valence-electron chi connectivity index (χ4n) is 1.22. The molecule has 0 aromatic heterocycles. The molecule has 0 unspecified atom stereocenters. The summed E-state index contributed by atoms with van der Waals surface area (Å²) in [5, 5.41) is 2.53. The van der Waals surface area contributed by atoms with Gasteiger partial charge >= 0.3 is 11.8 Å². The number of carbonyl (C=O) groups is 2. The van der Waals surface area contributed by atoms with Gasteiger partial charge in [-0.2, -0.15) is 0 Å². The van der Waals surface area contributed by atoms with E-state index in [4.69, 9.17) is 0 Å². The maximum absolute atomic E-state index is 11.4. The second kappa shape index (κ2) is 5.50. The Kier molecular flexibility index (Phi) is 4.60. The van der Waals surface area contributed by atoms with Gasteiger partial charge in [0.2, 0.25) is 0 Å². The molecule has 0 atom stereocenters. The van der Waals surface area contributed by atoms with Gasteiger partial charge in [0, 0.05) is 19.6 Å². The van der Waals surface area contributed by atoms with Crippen LogP contribution in [0.5, 0.6) is 0 Å². The van der Waals surface area contributed by atoms with E-state index >= 15 is 0 Å². The second-order valence-corrected chi connectivity index (χ2v) is 5.29. The van der Waals surface area contributed by atoms with Crippen molar-refractivity contribution < 1.29 is 9.59 Å². The van der Waals surface area contributed by atoms with E-state index in [1.165, 1.54) is 0 Å². The average Bonchev–Trinajstić information content (AvgIpc) is 2.20. The van der Waals surface area contributed by atoms with Gasteiger partial charge in [0.25, 0.3) is 0 Å². The Balaban J connectivity index is 2.50. The van der Waals surface area contributed by atoms with Gasteiger partial charge in [-0.05, 0) is 12.5 Å². The topological polar surface area (TPSA) is 49.4 Å². The molecule has 1 saturated heterocycles. The number of carbonyl (C=O) groups excluding carboxylic acids is 2. The lowest BCUT2D eigenvalue weighted by molar-refractivity contribution is -0.147. The number of amides is 2. The summed E-state index contributed by atoms with van der Waals surface area (Å²) in [6, 6.07) is 0. The molecule has 1 N–H and O–H groups in total. The third-order valence-corrected chi connectivity index (χ3v) is 4.55. The van der Waals surface area contributed by atoms with Crippen molar-refractivity contribution in [1.29, 1.82) is 0 Å². The fourth-order valence-corrected chi connectivity index (χ4v) is 2.65. The van der Waals surface area contributed by atoms with Crippen LogP contribution in [0, 0.1) is 0 Å². The van der Waals surface area contributed by atoms with Gasteiger partial charge in [0.05, 0.1) is 4.58 Å². The predicted molar refractivity (Wildman–Crippen MR) is 60.4 cm³/mol. The minimum atomic E-state index is -0.475. The number of nitrogens with zero attached hydrogens (tertiary/aromatic N) is 1. The van der Waals surface area contributed by atoms with Crippen molar-refractivity contribution in [3.05, 3.63) is 0 Å². The zero-order valence-corrected chi connectivity index (χ0v) is 9.91. The van der Waals surface area contributed by atoms with Gasteiger partial charge < -0.3 is 10.2 Å². The molecule has 1 aliphatic heterocycles. The van der Waals surface area contributed by atoms with Crippen LogP contribution in [-0.4, -0.2) is 53.4 Å². The first-order valence-electron chi connectivity index (χ1n) is 4.31. The monoisotopic (exact) mass is 234 g/mol. The lowest BCUT2D eigenvalue weighted by Crippen LogP contribution is -2.53. The number of rotatable bonds is 4. The number of nitrogens with one attached hydrogen (secondary N) is 1. The third kappa shape index (κ3) is 2.81. The number of hydrogen-bond donors (Lipinski definition) is 1. The maximum Gasteiger partial charge on any atom is 0.312 e. The summed E-state index contributed by atoms with van der Waals surface area (Å²) in [5.74, 6) is -0.874. The molecule has 1 fully saturated rings. The molecule has 80 valence electrons. The van der Waals surface area contributed by atoms with Crippen molar-refractivity contribution in [2.24, 2.45) is 0 Å². The first-order chi connectivity index (χ1) is 6.69. The molecule has 4 nitrogen and oxygen atoms in total. The second-order valence-electron chi connectivity index (χ2n) is 2.91. The molecule has 0 aromatic carbocycles. The summed E-state index contributed by atoms with van der Waals surface area (Å²) in [4.78, 5) is 24.1. The summed E-state index contributed by atoms with van der Waals surface area (Å²) >= 11 is 3.41. The zero-order valence-electron chi connectivity index (χ0n) is 8.28. The van der Waals surface area contributed by atoms with Crippen LogP contribution < -0.4 is 5.32 Å². The van der Waals surface area contributed by atoms with E-state index < -0.39 is 11.8 Å². The van der Waals surface area contributed by atoms with E-state index in [0.717, 1.165) is 0 Å². The fraction of sp³-hybridized carbons (Fsp3) is 0.750. The van der Waals surface area contributed by atoms with Crippen LogP contribution in [0.3, 0.4) is 0 Å². The Morgan fingerprint density at radius 2 is 2.07 bits per heavy atom. The van der Waals surface area contributed by atoms with Gasteiger partial charge in [-0.15, -0.1) is 23.5 Å². The van der Waals surface area contributed by atoms with Crippen LogP contribution in [-0.2, 0) is 9.59 Å². The summed E-state index contributed by atoms with van der Waals surface area (Å²) in [5.41, 5.74) is 0. The predicted octanol–water partition coefficient (Wildman–Crippen LogP) is -0.00310. The molecule has 0 aliphatic carbocycles. The van der Waals surface area contributed by atoms with Crippen molar-refractivity contribution in [2.75, 3.05) is 32.1 Å². The van der Waals surface area contributed by atoms with Crippen LogP contribution in [0.2, 0.25) is 0 Å². The molecule has 6 heteroatoms. The molecule has 0 bridgehead atoms. The van der Waals surface area contributed by atoms with Gasteiger partial charge in [-0.25, -0.2) is 0 Å². The van der Waals surface area contributed by atoms with Crippen LogP contribution >= 0.6 is 23.5 Å². The zero-order chi connectivity index (χ0) is 10.6. The Morgan fingerprint density at radius 3 is 2.64 bits per heavy atom. The molecule has 0 spiro atoms. The first kappa shape index (κ1) is 11.7. The van der Waals surface area contributed by atoms with E-state index in [9.17, 15) is 9.59 Å². The summed E-state index contributed by atoms with van der Waals surface area (Å²) in [6.07, 6.45) is 4.02. The van der Waals surface area contributed by atoms with Crippen LogP contribution in [0.1, 0.15) is 0 Å². The quantitative estimate of drug-likeness (QED) is 0.549. The highest BCUT2D eigenvalue weighted by molar-refractivity contribution is 8.16. The van der Waals surface area contributed by atoms with Crippen LogP contribution in [0.25, 0.3) is 0 Å². The number of thioether (sulfide) groups is 2. The highest BCUT2D eigenvalue weighted by Crippen LogP contribution is 2.19. The minimum absolute atomic E-state index is 0.352. The molecular weight excluding hydrogens is 220 g/mol. The van der Waals surface area contributed by atoms with E-state index in [2.05, 4.69) is 5.32 Å². The van der Waals surface area contributed by atoms with E-state index in [1.807, 2.05) is 12.5 Å². The molecule has 0 saturated carbocycles. The molecule has 0 aromatic rings. The Labute approximate surface area is 92.2 Å². The summed E-state index contributed by atoms with van der Waals surface area (Å²) < 4.78 is 0.352. The molecule has 14 heavy (non-hydrogen) atoms. The smallest absolute Gasteiger partial charge is 0.312 e. The van der Waals surface area contributed by atoms with Gasteiger partial charge in [-0.1, -0.05) is 0 Å². The lowest BCUT2D eigenvalue weighted by atomic mass is 10.3. The highest BCUT2D eigenvalue weighted by Gasteiger charge is 2.27. The van der Waals surface area contributed by atoms with E-state index in [-0.39, 0.29) is 0 Å². The Hall–Kier alpha value is -0.360. The molecule has 1 rings (SSSR count). The lowest BCUT2D eigenvalue weighted by Gasteiger charge is -2.28. The average molecular weight is 234 g/mol. The normalized spacial score (nSPS) is 17.5. The third-order valence-electron chi connectivity index (χ3n) is 2.04. The molecule has 1 aliphatic rings. The maximum atomic E-state index is 11.4. The Morgan fingerprint density at radius 1 is 1.43 bits per heavy atom. The number of piperazine rings is 1. The largest absolute Gasteiger partial charge is 0.346 e. The molecule has 2 amide bonds. The van der Waals surface area contributed by atoms with Crippen molar-refractivity contribution >= 4 is 35.3 Å². The number of hydrogen-bond acceptors (Lipinski definition) is 4. The molecular formula is C8H14N2O2S2. The Bertz CT molecular complexity index is 231. The van der Waals surface area contributed by atoms with Gasteiger partial charge in [0.1, 0.15) is 0 Å². The van der Waals surface area contributed by atoms with Gasteiger partial charge in [-0.3, -0.25) is 9.59 Å². The van der Waals surface area contributed by atoms with Crippen molar-refractivity contribution in [2.45, 2.75) is 4.58 Å². The molecule has 0 radical (unpaired) electrons. The van der Waals surface area contributed by atoms with E-state index in [0.29, 0.717) is 24.2 Å². The first-order valence-corrected chi connectivity index (χ1v) is 6.89. The van der Waals surface area contributed by atoms with Crippen molar-refractivity contribution in [3.63, 3.8) is 0 Å². The highest BCUT2D eigenvalue weighted by atomic mass is 32.2. The van der Waals surface area contributed by atoms with Crippen molar-refractivity contribution in [3.8, 4) is 0 Å². The summed E-state index contributed by atoms with van der Waals surface area (Å²) in [6.45, 7) is 1.84. The van der Waals surface area contributed by atoms with Gasteiger partial charge in [0.15, 0.2) is 0 Å². The minimum Gasteiger partial charge on any atom is -0.346 e. The van der Waals surface area contributed by atoms with E-state index in [1.54, 1.807) is 28.4 Å². The standard InChI is InChI=1S/C8H14N2O2S2/c1-13-6(14-2)5-10-4-3-9-7(11)8(10)12/h6H,3-5H2,1-2H3,(H,9,11). The molecule has 1 heterocycles. The summed E-state index contributed by atoms with van der Waals surface area (Å²) in [7, 11) is 0. The van der Waals surface area contributed by atoms with Crippen molar-refractivity contribution in [1.82, 2.24) is 10.2 Å². The van der Waals surface area contributed by atoms with Crippen LogP contribution in [0.15, 0.2) is 0 Å².